The molecule has 0 spiro atoms. The molecule has 2 heterocycles. The Morgan fingerprint density at radius 2 is 1.87 bits per heavy atom. The van der Waals surface area contributed by atoms with Crippen LogP contribution in [0.3, 0.4) is 0 Å². The van der Waals surface area contributed by atoms with E-state index in [0.717, 1.165) is 0 Å². The maximum Gasteiger partial charge on any atom is 0.269 e. The number of methoxy groups -OCH3 is 1. The fourth-order valence-electron chi connectivity index (χ4n) is 4.25. The van der Waals surface area contributed by atoms with Crippen molar-refractivity contribution in [3.63, 3.8) is 0 Å². The minimum atomic E-state index is -0.759. The zero-order valence-corrected chi connectivity index (χ0v) is 21.6. The van der Waals surface area contributed by atoms with Crippen LogP contribution in [-0.2, 0) is 4.79 Å². The van der Waals surface area contributed by atoms with Gasteiger partial charge in [-0.1, -0.05) is 41.4 Å². The summed E-state index contributed by atoms with van der Waals surface area (Å²) in [6, 6.07) is 17.2. The monoisotopic (exact) mass is 550 g/mol. The third-order valence-electron chi connectivity index (χ3n) is 6.05. The summed E-state index contributed by atoms with van der Waals surface area (Å²) >= 11 is 12.8. The second kappa shape index (κ2) is 10.2. The van der Waals surface area contributed by atoms with Crippen molar-refractivity contribution < 1.29 is 14.5 Å². The lowest BCUT2D eigenvalue weighted by molar-refractivity contribution is -0.384. The first-order valence-corrected chi connectivity index (χ1v) is 12.1. The van der Waals surface area contributed by atoms with Crippen LogP contribution >= 0.6 is 23.2 Å². The highest BCUT2D eigenvalue weighted by Gasteiger charge is 2.36. The molecule has 2 N–H and O–H groups in total. The molecule has 1 amide bonds. The molecule has 1 aromatic heterocycles. The number of hydrogen-bond acceptors (Lipinski definition) is 7. The highest BCUT2D eigenvalue weighted by atomic mass is 35.5. The first-order valence-electron chi connectivity index (χ1n) is 11.3. The summed E-state index contributed by atoms with van der Waals surface area (Å²) < 4.78 is 6.95. The molecule has 5 rings (SSSR count). The Kier molecular flexibility index (Phi) is 6.75. The number of nitrogens with one attached hydrogen (secondary N) is 2. The lowest BCUT2D eigenvalue weighted by Gasteiger charge is -2.29. The smallest absolute Gasteiger partial charge is 0.269 e. The quantitative estimate of drug-likeness (QED) is 0.219. The van der Waals surface area contributed by atoms with Crippen molar-refractivity contribution in [3.05, 3.63) is 104 Å². The van der Waals surface area contributed by atoms with E-state index in [1.807, 2.05) is 0 Å². The van der Waals surface area contributed by atoms with Crippen LogP contribution in [0.25, 0.3) is 11.4 Å². The molecular weight excluding hydrogens is 531 g/mol. The molecule has 10 nitrogen and oxygen atoms in total. The van der Waals surface area contributed by atoms with E-state index in [9.17, 15) is 14.9 Å². The van der Waals surface area contributed by atoms with Crippen LogP contribution in [-0.4, -0.2) is 32.7 Å². The van der Waals surface area contributed by atoms with Crippen molar-refractivity contribution in [1.82, 2.24) is 14.8 Å². The van der Waals surface area contributed by atoms with Gasteiger partial charge in [0.05, 0.1) is 23.3 Å². The molecule has 0 radical (unpaired) electrons. The Labute approximate surface area is 227 Å². The number of nitro groups is 1. The molecule has 0 aliphatic carbocycles. The lowest BCUT2D eigenvalue weighted by atomic mass is 9.95. The molecule has 1 atom stereocenters. The summed E-state index contributed by atoms with van der Waals surface area (Å²) in [7, 11) is 1.52. The number of benzene rings is 3. The number of halogens is 2. The highest BCUT2D eigenvalue weighted by molar-refractivity contribution is 6.35. The molecule has 4 aromatic rings. The molecule has 0 saturated heterocycles. The van der Waals surface area contributed by atoms with Crippen molar-refractivity contribution in [2.75, 3.05) is 17.7 Å². The molecule has 0 fully saturated rings. The number of nitro benzene ring substituents is 1. The minimum absolute atomic E-state index is 0.0468. The highest BCUT2D eigenvalue weighted by Crippen LogP contribution is 2.40. The van der Waals surface area contributed by atoms with Gasteiger partial charge in [-0.05, 0) is 43.3 Å². The van der Waals surface area contributed by atoms with Crippen LogP contribution in [0.15, 0.2) is 78.0 Å². The number of allylic oxidation sites excluding steroid dienone is 1. The fourth-order valence-corrected chi connectivity index (χ4v) is 4.76. The molecular formula is C26H20Cl2N6O4. The Bertz CT molecular complexity index is 1600. The van der Waals surface area contributed by atoms with Gasteiger partial charge in [-0.15, -0.1) is 5.10 Å². The molecule has 1 unspecified atom stereocenters. The van der Waals surface area contributed by atoms with Crippen molar-refractivity contribution in [3.8, 4) is 17.1 Å². The van der Waals surface area contributed by atoms with Crippen LogP contribution < -0.4 is 15.4 Å². The van der Waals surface area contributed by atoms with E-state index in [1.165, 1.54) is 19.2 Å². The topological polar surface area (TPSA) is 124 Å². The first-order chi connectivity index (χ1) is 18.3. The molecule has 192 valence electrons. The van der Waals surface area contributed by atoms with E-state index in [4.69, 9.17) is 27.9 Å². The number of aromatic nitrogens is 3. The van der Waals surface area contributed by atoms with Gasteiger partial charge in [-0.3, -0.25) is 14.9 Å². The number of para-hydroxylation sites is 2. The van der Waals surface area contributed by atoms with Crippen molar-refractivity contribution in [2.24, 2.45) is 0 Å². The van der Waals surface area contributed by atoms with Crippen LogP contribution in [0.5, 0.6) is 5.75 Å². The van der Waals surface area contributed by atoms with Gasteiger partial charge in [-0.2, -0.15) is 4.98 Å². The number of ether oxygens (including phenoxy) is 1. The predicted octanol–water partition coefficient (Wildman–Crippen LogP) is 6.10. The minimum Gasteiger partial charge on any atom is -0.495 e. The molecule has 0 bridgehead atoms. The zero-order valence-electron chi connectivity index (χ0n) is 20.1. The van der Waals surface area contributed by atoms with Gasteiger partial charge in [0.2, 0.25) is 5.95 Å². The molecule has 1 aliphatic heterocycles. The van der Waals surface area contributed by atoms with E-state index < -0.39 is 16.9 Å². The second-order valence-corrected chi connectivity index (χ2v) is 9.24. The summed E-state index contributed by atoms with van der Waals surface area (Å²) in [6.07, 6.45) is 0. The van der Waals surface area contributed by atoms with Crippen LogP contribution in [0, 0.1) is 10.1 Å². The first kappa shape index (κ1) is 25.2. The van der Waals surface area contributed by atoms with E-state index in [0.29, 0.717) is 55.7 Å². The standard InChI is InChI=1S/C26H20Cl2N6O4/c1-14-22(25(35)30-20-5-3-4-6-21(20)38-2)23(18-12-9-16(27)13-19(18)28)33-26(29-14)31-24(32-33)15-7-10-17(11-8-15)34(36)37/h3-13,23H,1-2H3,(H,30,35)(H,29,31,32). The van der Waals surface area contributed by atoms with Crippen LogP contribution in [0.2, 0.25) is 10.0 Å². The van der Waals surface area contributed by atoms with Crippen LogP contribution in [0.4, 0.5) is 17.3 Å². The average Bonchev–Trinajstić information content (AvgIpc) is 3.32. The van der Waals surface area contributed by atoms with Crippen LogP contribution in [0.1, 0.15) is 18.5 Å². The normalized spacial score (nSPS) is 14.5. The van der Waals surface area contributed by atoms with E-state index in [-0.39, 0.29) is 5.69 Å². The van der Waals surface area contributed by atoms with Gasteiger partial charge in [0.1, 0.15) is 11.8 Å². The fraction of sp³-hybridized carbons (Fsp3) is 0.115. The van der Waals surface area contributed by atoms with Gasteiger partial charge < -0.3 is 15.4 Å². The number of rotatable bonds is 6. The number of non-ortho nitro benzene ring substituents is 1. The predicted molar refractivity (Wildman–Crippen MR) is 145 cm³/mol. The third-order valence-corrected chi connectivity index (χ3v) is 6.61. The molecule has 38 heavy (non-hydrogen) atoms. The SMILES string of the molecule is COc1ccccc1NC(=O)C1=C(C)Nc2nc(-c3ccc([N+](=O)[O-])cc3)nn2C1c1ccc(Cl)cc1Cl. The number of amides is 1. The Balaban J connectivity index is 1.61. The molecule has 0 saturated carbocycles. The molecule has 3 aromatic carbocycles. The maximum absolute atomic E-state index is 13.7. The third kappa shape index (κ3) is 4.67. The van der Waals surface area contributed by atoms with Gasteiger partial charge >= 0.3 is 0 Å². The number of fused-ring (bicyclic) bond motifs is 1. The number of nitrogens with zero attached hydrogens (tertiary/aromatic N) is 4. The number of anilines is 2. The second-order valence-electron chi connectivity index (χ2n) is 8.39. The van der Waals surface area contributed by atoms with Gasteiger partial charge in [0, 0.05) is 39.0 Å². The van der Waals surface area contributed by atoms with Gasteiger partial charge in [0.15, 0.2) is 5.82 Å². The molecule has 12 heteroatoms. The summed E-state index contributed by atoms with van der Waals surface area (Å²) in [4.78, 5) is 28.9. The van der Waals surface area contributed by atoms with Gasteiger partial charge in [-0.25, -0.2) is 4.68 Å². The Hall–Kier alpha value is -4.41. The van der Waals surface area contributed by atoms with E-state index in [2.05, 4.69) is 20.7 Å². The van der Waals surface area contributed by atoms with Crippen molar-refractivity contribution in [2.45, 2.75) is 13.0 Å². The summed E-state index contributed by atoms with van der Waals surface area (Å²) in [5.74, 6) is 0.803. The van der Waals surface area contributed by atoms with Crippen molar-refractivity contribution in [1.29, 1.82) is 0 Å². The Morgan fingerprint density at radius 3 is 2.55 bits per heavy atom. The van der Waals surface area contributed by atoms with E-state index >= 15 is 0 Å². The number of carbonyl (C=O) groups is 1. The van der Waals surface area contributed by atoms with Gasteiger partial charge in [0.25, 0.3) is 11.6 Å². The zero-order chi connectivity index (χ0) is 27.0. The maximum atomic E-state index is 13.7. The lowest BCUT2D eigenvalue weighted by Crippen LogP contribution is -2.31. The number of hydrogen-bond donors (Lipinski definition) is 2. The summed E-state index contributed by atoms with van der Waals surface area (Å²) in [6.45, 7) is 1.76. The largest absolute Gasteiger partial charge is 0.495 e. The average molecular weight is 551 g/mol. The number of carbonyl (C=O) groups excluding carboxylic acids is 1. The summed E-state index contributed by atoms with van der Waals surface area (Å²) in [5.41, 5.74) is 2.50. The molecule has 1 aliphatic rings. The Morgan fingerprint density at radius 1 is 1.13 bits per heavy atom. The van der Waals surface area contributed by atoms with Crippen molar-refractivity contribution >= 4 is 46.4 Å². The summed E-state index contributed by atoms with van der Waals surface area (Å²) in [5, 5.41) is 22.6. The van der Waals surface area contributed by atoms with E-state index in [1.54, 1.807) is 66.2 Å².